The van der Waals surface area contributed by atoms with E-state index in [9.17, 15) is 9.59 Å². The van der Waals surface area contributed by atoms with Crippen molar-refractivity contribution in [1.29, 1.82) is 0 Å². The molecule has 2 heterocycles. The van der Waals surface area contributed by atoms with Gasteiger partial charge in [0, 0.05) is 12.0 Å². The highest BCUT2D eigenvalue weighted by Gasteiger charge is 2.45. The SMILES string of the molecule is COC(=O)C1CCCC2CC(C)C(=O)N21. The van der Waals surface area contributed by atoms with E-state index < -0.39 is 0 Å². The van der Waals surface area contributed by atoms with Crippen LogP contribution < -0.4 is 0 Å². The molecular weight excluding hydrogens is 194 g/mol. The first-order valence-electron chi connectivity index (χ1n) is 5.55. The predicted molar refractivity (Wildman–Crippen MR) is 54.1 cm³/mol. The Kier molecular flexibility index (Phi) is 2.67. The third kappa shape index (κ3) is 1.62. The second-order valence-electron chi connectivity index (χ2n) is 4.51. The summed E-state index contributed by atoms with van der Waals surface area (Å²) in [5.74, 6) is -0.0718. The highest BCUT2D eigenvalue weighted by molar-refractivity contribution is 5.87. The van der Waals surface area contributed by atoms with Crippen molar-refractivity contribution in [2.24, 2.45) is 5.92 Å². The van der Waals surface area contributed by atoms with Gasteiger partial charge in [-0.3, -0.25) is 4.79 Å². The number of carbonyl (C=O) groups excluding carboxylic acids is 2. The van der Waals surface area contributed by atoms with Gasteiger partial charge in [-0.05, 0) is 25.7 Å². The van der Waals surface area contributed by atoms with Crippen LogP contribution in [0.25, 0.3) is 0 Å². The zero-order chi connectivity index (χ0) is 11.0. The zero-order valence-electron chi connectivity index (χ0n) is 9.23. The van der Waals surface area contributed by atoms with Crippen molar-refractivity contribution in [3.8, 4) is 0 Å². The number of esters is 1. The van der Waals surface area contributed by atoms with E-state index in [4.69, 9.17) is 4.74 Å². The molecule has 0 aromatic heterocycles. The second kappa shape index (κ2) is 3.83. The molecule has 3 unspecified atom stereocenters. The number of hydrogen-bond acceptors (Lipinski definition) is 3. The number of methoxy groups -OCH3 is 1. The third-order valence-electron chi connectivity index (χ3n) is 3.52. The van der Waals surface area contributed by atoms with Crippen LogP contribution in [-0.4, -0.2) is 36.0 Å². The van der Waals surface area contributed by atoms with Crippen molar-refractivity contribution in [3.05, 3.63) is 0 Å². The maximum Gasteiger partial charge on any atom is 0.328 e. The molecule has 3 atom stereocenters. The third-order valence-corrected chi connectivity index (χ3v) is 3.52. The first-order valence-corrected chi connectivity index (χ1v) is 5.55. The summed E-state index contributed by atoms with van der Waals surface area (Å²) < 4.78 is 4.75. The van der Waals surface area contributed by atoms with E-state index in [1.165, 1.54) is 7.11 Å². The Morgan fingerprint density at radius 2 is 2.20 bits per heavy atom. The predicted octanol–water partition coefficient (Wildman–Crippen LogP) is 0.949. The number of amides is 1. The number of hydrogen-bond donors (Lipinski definition) is 0. The first kappa shape index (κ1) is 10.5. The summed E-state index contributed by atoms with van der Waals surface area (Å²) in [5.41, 5.74) is 0. The van der Waals surface area contributed by atoms with Gasteiger partial charge in [0.2, 0.25) is 5.91 Å². The van der Waals surface area contributed by atoms with Gasteiger partial charge in [-0.2, -0.15) is 0 Å². The summed E-state index contributed by atoms with van der Waals surface area (Å²) >= 11 is 0. The molecule has 0 aromatic rings. The molecule has 2 rings (SSSR count). The van der Waals surface area contributed by atoms with E-state index in [0.29, 0.717) is 0 Å². The summed E-state index contributed by atoms with van der Waals surface area (Å²) in [5, 5.41) is 0. The lowest BCUT2D eigenvalue weighted by Crippen LogP contribution is -2.49. The number of carbonyl (C=O) groups is 2. The largest absolute Gasteiger partial charge is 0.467 e. The highest BCUT2D eigenvalue weighted by atomic mass is 16.5. The fourth-order valence-corrected chi connectivity index (χ4v) is 2.78. The lowest BCUT2D eigenvalue weighted by atomic mass is 9.96. The molecule has 0 aliphatic carbocycles. The lowest BCUT2D eigenvalue weighted by molar-refractivity contribution is -0.155. The van der Waals surface area contributed by atoms with Crippen molar-refractivity contribution >= 4 is 11.9 Å². The van der Waals surface area contributed by atoms with Crippen LogP contribution in [0.3, 0.4) is 0 Å². The highest BCUT2D eigenvalue weighted by Crippen LogP contribution is 2.35. The van der Waals surface area contributed by atoms with E-state index in [0.717, 1.165) is 25.7 Å². The summed E-state index contributed by atoms with van der Waals surface area (Å²) in [4.78, 5) is 25.2. The van der Waals surface area contributed by atoms with Gasteiger partial charge in [0.05, 0.1) is 7.11 Å². The van der Waals surface area contributed by atoms with Crippen LogP contribution in [0.1, 0.15) is 32.6 Å². The molecule has 0 spiro atoms. The van der Waals surface area contributed by atoms with Gasteiger partial charge >= 0.3 is 5.97 Å². The quantitative estimate of drug-likeness (QED) is 0.607. The number of ether oxygens (including phenoxy) is 1. The van der Waals surface area contributed by atoms with Crippen molar-refractivity contribution < 1.29 is 14.3 Å². The van der Waals surface area contributed by atoms with Gasteiger partial charge in [0.15, 0.2) is 0 Å². The molecule has 84 valence electrons. The molecule has 0 bridgehead atoms. The maximum absolute atomic E-state index is 11.9. The molecule has 0 radical (unpaired) electrons. The second-order valence-corrected chi connectivity index (χ2v) is 4.51. The van der Waals surface area contributed by atoms with Gasteiger partial charge < -0.3 is 9.64 Å². The minimum Gasteiger partial charge on any atom is -0.467 e. The van der Waals surface area contributed by atoms with Crippen LogP contribution in [-0.2, 0) is 14.3 Å². The topological polar surface area (TPSA) is 46.6 Å². The van der Waals surface area contributed by atoms with Crippen LogP contribution in [0, 0.1) is 5.92 Å². The molecule has 0 saturated carbocycles. The Morgan fingerprint density at radius 1 is 1.47 bits per heavy atom. The van der Waals surface area contributed by atoms with Crippen molar-refractivity contribution in [3.63, 3.8) is 0 Å². The molecule has 4 heteroatoms. The van der Waals surface area contributed by atoms with Crippen LogP contribution in [0.5, 0.6) is 0 Å². The molecule has 2 fully saturated rings. The molecule has 0 aromatic carbocycles. The van der Waals surface area contributed by atoms with Crippen molar-refractivity contribution in [2.75, 3.05) is 7.11 Å². The van der Waals surface area contributed by atoms with E-state index in [-0.39, 0.29) is 29.9 Å². The number of piperidine rings is 1. The average molecular weight is 211 g/mol. The Hall–Kier alpha value is -1.06. The zero-order valence-corrected chi connectivity index (χ0v) is 9.23. The van der Waals surface area contributed by atoms with Crippen LogP contribution in [0.2, 0.25) is 0 Å². The van der Waals surface area contributed by atoms with Gasteiger partial charge in [-0.25, -0.2) is 4.79 Å². The molecule has 0 N–H and O–H groups in total. The number of fused-ring (bicyclic) bond motifs is 1. The fraction of sp³-hybridized carbons (Fsp3) is 0.818. The maximum atomic E-state index is 11.9. The van der Waals surface area contributed by atoms with Crippen LogP contribution >= 0.6 is 0 Å². The van der Waals surface area contributed by atoms with Gasteiger partial charge in [0.25, 0.3) is 0 Å². The molecule has 2 aliphatic heterocycles. The van der Waals surface area contributed by atoms with Gasteiger partial charge in [0.1, 0.15) is 6.04 Å². The molecule has 1 amide bonds. The summed E-state index contributed by atoms with van der Waals surface area (Å²) in [6.07, 6.45) is 3.69. The van der Waals surface area contributed by atoms with E-state index in [1.54, 1.807) is 4.90 Å². The number of nitrogens with zero attached hydrogens (tertiary/aromatic N) is 1. The van der Waals surface area contributed by atoms with E-state index >= 15 is 0 Å². The van der Waals surface area contributed by atoms with Gasteiger partial charge in [-0.15, -0.1) is 0 Å². The molecule has 4 nitrogen and oxygen atoms in total. The smallest absolute Gasteiger partial charge is 0.328 e. The first-order chi connectivity index (χ1) is 7.15. The summed E-state index contributed by atoms with van der Waals surface area (Å²) in [6.45, 7) is 1.94. The average Bonchev–Trinajstić information content (AvgIpc) is 2.54. The summed E-state index contributed by atoms with van der Waals surface area (Å²) in [6, 6.07) is -0.0588. The fourth-order valence-electron chi connectivity index (χ4n) is 2.78. The minimum atomic E-state index is -0.328. The molecular formula is C11H17NO3. The normalized spacial score (nSPS) is 35.2. The molecule has 15 heavy (non-hydrogen) atoms. The monoisotopic (exact) mass is 211 g/mol. The van der Waals surface area contributed by atoms with Crippen molar-refractivity contribution in [1.82, 2.24) is 4.90 Å². The minimum absolute atomic E-state index is 0.0697. The Bertz CT molecular complexity index is 290. The summed E-state index contributed by atoms with van der Waals surface area (Å²) in [7, 11) is 1.38. The number of rotatable bonds is 1. The van der Waals surface area contributed by atoms with E-state index in [2.05, 4.69) is 0 Å². The van der Waals surface area contributed by atoms with Gasteiger partial charge in [-0.1, -0.05) is 6.92 Å². The lowest BCUT2D eigenvalue weighted by Gasteiger charge is -2.35. The van der Waals surface area contributed by atoms with Crippen LogP contribution in [0.15, 0.2) is 0 Å². The molecule has 2 aliphatic rings. The Balaban J connectivity index is 2.19. The molecule has 2 saturated heterocycles. The Labute approximate surface area is 89.6 Å². The van der Waals surface area contributed by atoms with Crippen LogP contribution in [0.4, 0.5) is 0 Å². The Morgan fingerprint density at radius 3 is 2.87 bits per heavy atom. The van der Waals surface area contributed by atoms with Crippen molar-refractivity contribution in [2.45, 2.75) is 44.7 Å². The van der Waals surface area contributed by atoms with E-state index in [1.807, 2.05) is 6.92 Å². The standard InChI is InChI=1S/C11H17NO3/c1-7-6-8-4-3-5-9(11(14)15-2)12(8)10(7)13/h7-9H,3-6H2,1-2H3.